The first kappa shape index (κ1) is 18.7. The van der Waals surface area contributed by atoms with Crippen molar-refractivity contribution >= 4 is 16.9 Å². The number of fused-ring (bicyclic) bond motifs is 1. The van der Waals surface area contributed by atoms with Crippen molar-refractivity contribution in [2.24, 2.45) is 0 Å². The summed E-state index contributed by atoms with van der Waals surface area (Å²) in [5, 5.41) is 7.84. The lowest BCUT2D eigenvalue weighted by Gasteiger charge is -2.19. The van der Waals surface area contributed by atoms with Gasteiger partial charge in [0.2, 0.25) is 5.82 Å². The standard InChI is InChI=1S/C21H26N4O3/c1-14-8-7-9-16-15(2)18(27-17(14)16)19-23-21(28-24-19)20(26)22-10-13-25-11-5-3-4-6-12-25/h7-9H,3-6,10-13H2,1-2H3,(H,22,26). The second-order valence-corrected chi connectivity index (χ2v) is 7.44. The summed E-state index contributed by atoms with van der Waals surface area (Å²) in [6.45, 7) is 7.57. The molecule has 0 saturated carbocycles. The number of furan rings is 1. The van der Waals surface area contributed by atoms with E-state index in [0.717, 1.165) is 41.7 Å². The van der Waals surface area contributed by atoms with E-state index in [1.807, 2.05) is 32.0 Å². The minimum Gasteiger partial charge on any atom is -0.452 e. The third kappa shape index (κ3) is 3.80. The number of carbonyl (C=O) groups is 1. The molecule has 7 nitrogen and oxygen atoms in total. The van der Waals surface area contributed by atoms with Crippen LogP contribution in [0.4, 0.5) is 0 Å². The Morgan fingerprint density at radius 2 is 1.96 bits per heavy atom. The largest absolute Gasteiger partial charge is 0.452 e. The number of amides is 1. The predicted octanol–water partition coefficient (Wildman–Crippen LogP) is 3.71. The second-order valence-electron chi connectivity index (χ2n) is 7.44. The molecule has 148 valence electrons. The summed E-state index contributed by atoms with van der Waals surface area (Å²) in [5.41, 5.74) is 2.79. The first-order chi connectivity index (χ1) is 13.6. The van der Waals surface area contributed by atoms with Gasteiger partial charge in [0, 0.05) is 24.0 Å². The molecule has 1 N–H and O–H groups in total. The Kier molecular flexibility index (Phi) is 5.43. The molecular weight excluding hydrogens is 356 g/mol. The summed E-state index contributed by atoms with van der Waals surface area (Å²) >= 11 is 0. The Bertz CT molecular complexity index is 967. The van der Waals surface area contributed by atoms with Crippen LogP contribution in [0, 0.1) is 13.8 Å². The highest BCUT2D eigenvalue weighted by Crippen LogP contribution is 2.32. The number of likely N-dealkylation sites (tertiary alicyclic amines) is 1. The third-order valence-corrected chi connectivity index (χ3v) is 5.40. The number of hydrogen-bond donors (Lipinski definition) is 1. The van der Waals surface area contributed by atoms with Crippen molar-refractivity contribution in [1.29, 1.82) is 0 Å². The van der Waals surface area contributed by atoms with Crippen molar-refractivity contribution in [1.82, 2.24) is 20.4 Å². The van der Waals surface area contributed by atoms with Crippen LogP contribution in [-0.4, -0.2) is 47.1 Å². The normalized spacial score (nSPS) is 15.6. The van der Waals surface area contributed by atoms with Crippen LogP contribution in [0.2, 0.25) is 0 Å². The van der Waals surface area contributed by atoms with Gasteiger partial charge in [-0.05, 0) is 45.3 Å². The maximum Gasteiger partial charge on any atom is 0.316 e. The highest BCUT2D eigenvalue weighted by atomic mass is 16.5. The Morgan fingerprint density at radius 1 is 1.18 bits per heavy atom. The monoisotopic (exact) mass is 382 g/mol. The molecule has 0 spiro atoms. The van der Waals surface area contributed by atoms with E-state index in [1.54, 1.807) is 0 Å². The number of aryl methyl sites for hydroxylation is 2. The quantitative estimate of drug-likeness (QED) is 0.724. The van der Waals surface area contributed by atoms with E-state index in [9.17, 15) is 4.79 Å². The Morgan fingerprint density at radius 3 is 2.71 bits per heavy atom. The molecule has 0 unspecified atom stereocenters. The van der Waals surface area contributed by atoms with E-state index >= 15 is 0 Å². The van der Waals surface area contributed by atoms with Gasteiger partial charge in [-0.3, -0.25) is 4.79 Å². The third-order valence-electron chi connectivity index (χ3n) is 5.40. The van der Waals surface area contributed by atoms with Crippen LogP contribution in [0.5, 0.6) is 0 Å². The van der Waals surface area contributed by atoms with Gasteiger partial charge in [-0.2, -0.15) is 4.98 Å². The van der Waals surface area contributed by atoms with Gasteiger partial charge in [-0.1, -0.05) is 36.2 Å². The van der Waals surface area contributed by atoms with Crippen LogP contribution in [-0.2, 0) is 0 Å². The summed E-state index contributed by atoms with van der Waals surface area (Å²) in [5.74, 6) is 0.448. The van der Waals surface area contributed by atoms with Crippen molar-refractivity contribution in [2.75, 3.05) is 26.2 Å². The minimum atomic E-state index is -0.349. The molecule has 1 fully saturated rings. The maximum absolute atomic E-state index is 12.4. The SMILES string of the molecule is Cc1c(-c2noc(C(=O)NCCN3CCCCCC3)n2)oc2c(C)cccc12. The number of nitrogens with zero attached hydrogens (tertiary/aromatic N) is 3. The zero-order valence-electron chi connectivity index (χ0n) is 16.5. The number of aromatic nitrogens is 2. The lowest BCUT2D eigenvalue weighted by Crippen LogP contribution is -2.35. The molecule has 0 bridgehead atoms. The van der Waals surface area contributed by atoms with E-state index in [4.69, 9.17) is 8.94 Å². The van der Waals surface area contributed by atoms with Gasteiger partial charge in [0.25, 0.3) is 0 Å². The van der Waals surface area contributed by atoms with E-state index < -0.39 is 0 Å². The Labute approximate surface area is 164 Å². The number of rotatable bonds is 5. The summed E-state index contributed by atoms with van der Waals surface area (Å²) in [7, 11) is 0. The van der Waals surface area contributed by atoms with Crippen LogP contribution in [0.1, 0.15) is 47.5 Å². The zero-order valence-corrected chi connectivity index (χ0v) is 16.5. The Balaban J connectivity index is 1.42. The maximum atomic E-state index is 12.4. The molecule has 0 aliphatic carbocycles. The molecule has 2 aromatic heterocycles. The molecule has 7 heteroatoms. The fraction of sp³-hybridized carbons (Fsp3) is 0.476. The molecule has 1 aliphatic rings. The number of benzene rings is 1. The summed E-state index contributed by atoms with van der Waals surface area (Å²) in [6, 6.07) is 5.99. The molecule has 3 aromatic rings. The highest BCUT2D eigenvalue weighted by Gasteiger charge is 2.21. The van der Waals surface area contributed by atoms with Crippen LogP contribution < -0.4 is 5.32 Å². The van der Waals surface area contributed by atoms with Gasteiger partial charge in [0.05, 0.1) is 0 Å². The van der Waals surface area contributed by atoms with Crippen molar-refractivity contribution in [3.05, 3.63) is 35.2 Å². The van der Waals surface area contributed by atoms with Crippen LogP contribution in [0.15, 0.2) is 27.1 Å². The van der Waals surface area contributed by atoms with Crippen LogP contribution >= 0.6 is 0 Å². The Hall–Kier alpha value is -2.67. The van der Waals surface area contributed by atoms with E-state index in [0.29, 0.717) is 18.1 Å². The molecule has 1 aromatic carbocycles. The molecule has 4 rings (SSSR count). The van der Waals surface area contributed by atoms with Gasteiger partial charge in [-0.15, -0.1) is 0 Å². The van der Waals surface area contributed by atoms with Crippen molar-refractivity contribution in [3.63, 3.8) is 0 Å². The molecule has 3 heterocycles. The molecule has 1 aliphatic heterocycles. The summed E-state index contributed by atoms with van der Waals surface area (Å²) < 4.78 is 11.1. The van der Waals surface area contributed by atoms with Crippen molar-refractivity contribution < 1.29 is 13.7 Å². The van der Waals surface area contributed by atoms with Gasteiger partial charge in [-0.25, -0.2) is 0 Å². The number of nitrogens with one attached hydrogen (secondary N) is 1. The number of carbonyl (C=O) groups excluding carboxylic acids is 1. The van der Waals surface area contributed by atoms with Gasteiger partial charge >= 0.3 is 11.8 Å². The summed E-state index contributed by atoms with van der Waals surface area (Å²) in [4.78, 5) is 19.0. The molecular formula is C21H26N4O3. The first-order valence-electron chi connectivity index (χ1n) is 9.97. The van der Waals surface area contributed by atoms with Crippen LogP contribution in [0.3, 0.4) is 0 Å². The first-order valence-corrected chi connectivity index (χ1v) is 9.97. The number of para-hydroxylation sites is 1. The minimum absolute atomic E-state index is 0.0394. The lowest BCUT2D eigenvalue weighted by molar-refractivity contribution is 0.0904. The predicted molar refractivity (Wildman–Crippen MR) is 106 cm³/mol. The number of hydrogen-bond acceptors (Lipinski definition) is 6. The molecule has 1 saturated heterocycles. The van der Waals surface area contributed by atoms with Crippen molar-refractivity contribution in [3.8, 4) is 11.6 Å². The second kappa shape index (κ2) is 8.14. The fourth-order valence-corrected chi connectivity index (χ4v) is 3.77. The van der Waals surface area contributed by atoms with Gasteiger partial charge in [0.15, 0.2) is 5.76 Å². The van der Waals surface area contributed by atoms with Crippen molar-refractivity contribution in [2.45, 2.75) is 39.5 Å². The smallest absolute Gasteiger partial charge is 0.316 e. The van der Waals surface area contributed by atoms with Crippen LogP contribution in [0.25, 0.3) is 22.6 Å². The van der Waals surface area contributed by atoms with E-state index in [-0.39, 0.29) is 11.8 Å². The molecule has 1 amide bonds. The topological polar surface area (TPSA) is 84.4 Å². The lowest BCUT2D eigenvalue weighted by atomic mass is 10.1. The van der Waals surface area contributed by atoms with E-state index in [1.165, 1.54) is 25.7 Å². The average molecular weight is 382 g/mol. The average Bonchev–Trinajstić information content (AvgIpc) is 3.21. The highest BCUT2D eigenvalue weighted by molar-refractivity contribution is 5.91. The summed E-state index contributed by atoms with van der Waals surface area (Å²) in [6.07, 6.45) is 5.07. The van der Waals surface area contributed by atoms with Gasteiger partial charge in [0.1, 0.15) is 5.58 Å². The fourth-order valence-electron chi connectivity index (χ4n) is 3.77. The zero-order chi connectivity index (χ0) is 19.5. The van der Waals surface area contributed by atoms with E-state index in [2.05, 4.69) is 20.4 Å². The molecule has 0 atom stereocenters. The molecule has 28 heavy (non-hydrogen) atoms. The van der Waals surface area contributed by atoms with Gasteiger partial charge < -0.3 is 19.2 Å². The molecule has 0 radical (unpaired) electrons.